The number of aryl methyl sites for hydroxylation is 1. The van der Waals surface area contributed by atoms with Crippen molar-refractivity contribution in [2.75, 3.05) is 13.1 Å². The Morgan fingerprint density at radius 1 is 1.32 bits per heavy atom. The number of Topliss-reactive ketones (excluding diaryl/α,β-unsaturated/α-hetero) is 1. The quantitative estimate of drug-likeness (QED) is 0.827. The second-order valence-electron chi connectivity index (χ2n) is 5.20. The van der Waals surface area contributed by atoms with Gasteiger partial charge in [-0.1, -0.05) is 17.7 Å². The van der Waals surface area contributed by atoms with Gasteiger partial charge in [0.05, 0.1) is 0 Å². The van der Waals surface area contributed by atoms with Crippen molar-refractivity contribution in [3.63, 3.8) is 0 Å². The highest BCUT2D eigenvalue weighted by Crippen LogP contribution is 2.29. The molecule has 2 heterocycles. The van der Waals surface area contributed by atoms with Crippen LogP contribution in [0.1, 0.15) is 28.9 Å². The Morgan fingerprint density at radius 3 is 2.79 bits per heavy atom. The summed E-state index contributed by atoms with van der Waals surface area (Å²) in [6, 6.07) is 5.66. The van der Waals surface area contributed by atoms with Crippen LogP contribution in [0.4, 0.5) is 0 Å². The molecule has 0 bridgehead atoms. The number of hydrogen-bond acceptors (Lipinski definition) is 2. The van der Waals surface area contributed by atoms with E-state index in [1.165, 1.54) is 0 Å². The predicted molar refractivity (Wildman–Crippen MR) is 78.0 cm³/mol. The summed E-state index contributed by atoms with van der Waals surface area (Å²) in [5.74, 6) is 0.419. The van der Waals surface area contributed by atoms with E-state index in [-0.39, 0.29) is 11.7 Å². The van der Waals surface area contributed by atoms with Crippen molar-refractivity contribution in [2.45, 2.75) is 19.8 Å². The van der Waals surface area contributed by atoms with E-state index in [2.05, 4.69) is 10.3 Å². The highest BCUT2D eigenvalue weighted by Gasteiger charge is 2.25. The van der Waals surface area contributed by atoms with Gasteiger partial charge in [0.1, 0.15) is 0 Å². The summed E-state index contributed by atoms with van der Waals surface area (Å²) in [4.78, 5) is 16.0. The Bertz CT molecular complexity index is 626. The van der Waals surface area contributed by atoms with Crippen LogP contribution < -0.4 is 5.32 Å². The van der Waals surface area contributed by atoms with Gasteiger partial charge in [0, 0.05) is 33.1 Å². The van der Waals surface area contributed by atoms with Crippen LogP contribution in [-0.2, 0) is 0 Å². The maximum atomic E-state index is 12.7. The van der Waals surface area contributed by atoms with E-state index >= 15 is 0 Å². The number of ketones is 1. The molecule has 1 fully saturated rings. The Balaban J connectivity index is 2.03. The van der Waals surface area contributed by atoms with Crippen molar-refractivity contribution in [3.8, 4) is 0 Å². The van der Waals surface area contributed by atoms with E-state index in [9.17, 15) is 4.79 Å². The lowest BCUT2D eigenvalue weighted by Gasteiger charge is -2.21. The smallest absolute Gasteiger partial charge is 0.168 e. The average Bonchev–Trinajstić information content (AvgIpc) is 2.74. The number of fused-ring (bicyclic) bond motifs is 1. The zero-order chi connectivity index (χ0) is 13.4. The number of carbonyl (C=O) groups excluding carboxylic acids is 1. The molecule has 0 amide bonds. The highest BCUT2D eigenvalue weighted by molar-refractivity contribution is 6.31. The van der Waals surface area contributed by atoms with Crippen LogP contribution in [0.25, 0.3) is 10.9 Å². The standard InChI is InChI=1S/C15H17ClN2O/c1-9-14(15(19)10-4-6-17-7-5-10)12-3-2-11(16)8-13(12)18-9/h2-3,8,10,17-18H,4-7H2,1H3. The molecule has 4 heteroatoms. The molecule has 1 aromatic heterocycles. The Hall–Kier alpha value is -1.32. The maximum Gasteiger partial charge on any atom is 0.168 e. The molecular formula is C15H17ClN2O. The summed E-state index contributed by atoms with van der Waals surface area (Å²) in [6.07, 6.45) is 1.86. The first-order valence-corrected chi connectivity index (χ1v) is 7.07. The zero-order valence-corrected chi connectivity index (χ0v) is 11.7. The molecule has 0 atom stereocenters. The summed E-state index contributed by atoms with van der Waals surface area (Å²) in [5, 5.41) is 4.98. The third-order valence-corrected chi connectivity index (χ3v) is 4.14. The molecule has 2 aromatic rings. The van der Waals surface area contributed by atoms with E-state index in [1.807, 2.05) is 25.1 Å². The number of aromatic nitrogens is 1. The van der Waals surface area contributed by atoms with Crippen molar-refractivity contribution in [1.29, 1.82) is 0 Å². The molecule has 3 rings (SSSR count). The van der Waals surface area contributed by atoms with Crippen LogP contribution >= 0.6 is 11.6 Å². The monoisotopic (exact) mass is 276 g/mol. The van der Waals surface area contributed by atoms with E-state index in [4.69, 9.17) is 11.6 Å². The fourth-order valence-corrected chi connectivity index (χ4v) is 3.08. The van der Waals surface area contributed by atoms with Gasteiger partial charge in [-0.3, -0.25) is 4.79 Å². The summed E-state index contributed by atoms with van der Waals surface area (Å²) >= 11 is 6.00. The SMILES string of the molecule is Cc1[nH]c2cc(Cl)ccc2c1C(=O)C1CCNCC1. The van der Waals surface area contributed by atoms with Gasteiger partial charge < -0.3 is 10.3 Å². The fourth-order valence-electron chi connectivity index (χ4n) is 2.91. The average molecular weight is 277 g/mol. The molecule has 1 aliphatic heterocycles. The van der Waals surface area contributed by atoms with Crippen molar-refractivity contribution in [3.05, 3.63) is 34.5 Å². The lowest BCUT2D eigenvalue weighted by atomic mass is 9.88. The van der Waals surface area contributed by atoms with Crippen LogP contribution in [-0.4, -0.2) is 23.9 Å². The van der Waals surface area contributed by atoms with Crippen LogP contribution in [0.15, 0.2) is 18.2 Å². The van der Waals surface area contributed by atoms with Gasteiger partial charge in [0.2, 0.25) is 0 Å². The molecule has 0 aliphatic carbocycles. The molecule has 19 heavy (non-hydrogen) atoms. The Morgan fingerprint density at radius 2 is 2.05 bits per heavy atom. The minimum atomic E-state index is 0.148. The summed E-state index contributed by atoms with van der Waals surface area (Å²) in [6.45, 7) is 3.83. The van der Waals surface area contributed by atoms with E-state index in [0.717, 1.165) is 48.1 Å². The summed E-state index contributed by atoms with van der Waals surface area (Å²) in [5.41, 5.74) is 2.74. The van der Waals surface area contributed by atoms with Gasteiger partial charge in [-0.15, -0.1) is 0 Å². The molecule has 0 radical (unpaired) electrons. The number of benzene rings is 1. The van der Waals surface area contributed by atoms with E-state index < -0.39 is 0 Å². The van der Waals surface area contributed by atoms with Crippen LogP contribution in [0, 0.1) is 12.8 Å². The molecule has 1 aromatic carbocycles. The second-order valence-corrected chi connectivity index (χ2v) is 5.64. The van der Waals surface area contributed by atoms with Crippen LogP contribution in [0.5, 0.6) is 0 Å². The molecule has 100 valence electrons. The second kappa shape index (κ2) is 4.99. The summed E-state index contributed by atoms with van der Waals surface area (Å²) < 4.78 is 0. The Kier molecular flexibility index (Phi) is 3.33. The first kappa shape index (κ1) is 12.7. The molecule has 0 spiro atoms. The number of rotatable bonds is 2. The summed E-state index contributed by atoms with van der Waals surface area (Å²) in [7, 11) is 0. The van der Waals surface area contributed by atoms with E-state index in [0.29, 0.717) is 5.02 Å². The minimum Gasteiger partial charge on any atom is -0.358 e. The zero-order valence-electron chi connectivity index (χ0n) is 10.9. The molecule has 1 aliphatic rings. The lowest BCUT2D eigenvalue weighted by Crippen LogP contribution is -2.32. The topological polar surface area (TPSA) is 44.9 Å². The number of halogens is 1. The largest absolute Gasteiger partial charge is 0.358 e. The van der Waals surface area contributed by atoms with Crippen LogP contribution in [0.3, 0.4) is 0 Å². The first-order chi connectivity index (χ1) is 9.16. The van der Waals surface area contributed by atoms with Gasteiger partial charge in [-0.25, -0.2) is 0 Å². The van der Waals surface area contributed by atoms with Crippen molar-refractivity contribution < 1.29 is 4.79 Å². The Labute approximate surface area is 117 Å². The molecule has 0 unspecified atom stereocenters. The number of nitrogens with one attached hydrogen (secondary N) is 2. The van der Waals surface area contributed by atoms with Gasteiger partial charge in [-0.2, -0.15) is 0 Å². The first-order valence-electron chi connectivity index (χ1n) is 6.69. The number of piperidine rings is 1. The number of aromatic amines is 1. The maximum absolute atomic E-state index is 12.7. The molecule has 1 saturated heterocycles. The number of hydrogen-bond donors (Lipinski definition) is 2. The van der Waals surface area contributed by atoms with Crippen molar-refractivity contribution >= 4 is 28.3 Å². The van der Waals surface area contributed by atoms with E-state index in [1.54, 1.807) is 0 Å². The van der Waals surface area contributed by atoms with Gasteiger partial charge in [-0.05, 0) is 45.0 Å². The van der Waals surface area contributed by atoms with Gasteiger partial charge in [0.25, 0.3) is 0 Å². The highest BCUT2D eigenvalue weighted by atomic mass is 35.5. The normalized spacial score (nSPS) is 16.9. The van der Waals surface area contributed by atoms with Gasteiger partial charge in [0.15, 0.2) is 5.78 Å². The molecule has 0 saturated carbocycles. The third kappa shape index (κ3) is 2.28. The minimum absolute atomic E-state index is 0.148. The molecular weight excluding hydrogens is 260 g/mol. The predicted octanol–water partition coefficient (Wildman–Crippen LogP) is 3.31. The van der Waals surface area contributed by atoms with Crippen molar-refractivity contribution in [1.82, 2.24) is 10.3 Å². The number of H-pyrrole nitrogens is 1. The third-order valence-electron chi connectivity index (χ3n) is 3.90. The van der Waals surface area contributed by atoms with Crippen LogP contribution in [0.2, 0.25) is 5.02 Å². The molecule has 3 nitrogen and oxygen atoms in total. The van der Waals surface area contributed by atoms with Gasteiger partial charge >= 0.3 is 0 Å². The van der Waals surface area contributed by atoms with Crippen molar-refractivity contribution in [2.24, 2.45) is 5.92 Å². The number of carbonyl (C=O) groups is 1. The molecule has 2 N–H and O–H groups in total. The fraction of sp³-hybridized carbons (Fsp3) is 0.400. The lowest BCUT2D eigenvalue weighted by molar-refractivity contribution is 0.0896.